The normalized spacial score (nSPS) is 21.6. The van der Waals surface area contributed by atoms with Gasteiger partial charge in [-0.05, 0) is 12.8 Å². The zero-order valence-electron chi connectivity index (χ0n) is 8.45. The van der Waals surface area contributed by atoms with Gasteiger partial charge in [-0.25, -0.2) is 4.79 Å². The fourth-order valence-corrected chi connectivity index (χ4v) is 1.99. The van der Waals surface area contributed by atoms with Crippen molar-refractivity contribution < 1.29 is 4.74 Å². The Bertz CT molecular complexity index is 347. The van der Waals surface area contributed by atoms with Crippen LogP contribution < -0.4 is 5.69 Å². The van der Waals surface area contributed by atoms with Gasteiger partial charge in [0.2, 0.25) is 0 Å². The van der Waals surface area contributed by atoms with E-state index < -0.39 is 0 Å². The van der Waals surface area contributed by atoms with E-state index in [0.29, 0.717) is 6.61 Å². The van der Waals surface area contributed by atoms with E-state index in [-0.39, 0.29) is 11.7 Å². The van der Waals surface area contributed by atoms with Gasteiger partial charge in [0.1, 0.15) is 0 Å². The quantitative estimate of drug-likeness (QED) is 0.786. The van der Waals surface area contributed by atoms with E-state index in [1.807, 2.05) is 10.8 Å². The Morgan fingerprint density at radius 3 is 3.21 bits per heavy atom. The molecule has 0 saturated carbocycles. The summed E-state index contributed by atoms with van der Waals surface area (Å²) in [6, 6.07) is 0.246. The van der Waals surface area contributed by atoms with Crippen LogP contribution in [0.15, 0.2) is 11.0 Å². The van der Waals surface area contributed by atoms with E-state index in [2.05, 4.69) is 11.9 Å². The van der Waals surface area contributed by atoms with Crippen molar-refractivity contribution in [3.63, 3.8) is 0 Å². The Kier molecular flexibility index (Phi) is 2.72. The molecule has 1 N–H and O–H groups in total. The molecule has 0 bridgehead atoms. The van der Waals surface area contributed by atoms with Gasteiger partial charge in [0.25, 0.3) is 0 Å². The lowest BCUT2D eigenvalue weighted by molar-refractivity contribution is 0.185. The molecular formula is C10H16N2O2. The molecule has 0 aliphatic carbocycles. The Morgan fingerprint density at radius 2 is 2.57 bits per heavy atom. The fraction of sp³-hybridized carbons (Fsp3) is 0.700. The standard InChI is InChI=1S/C10H16N2O2/c1-2-3-8-6-11-10(13)12(8)9-4-5-14-7-9/h6,9H,2-5,7H2,1H3,(H,11,13). The molecule has 0 spiro atoms. The average Bonchev–Trinajstić information content (AvgIpc) is 2.76. The van der Waals surface area contributed by atoms with Crippen molar-refractivity contribution in [2.45, 2.75) is 32.2 Å². The smallest absolute Gasteiger partial charge is 0.326 e. The maximum absolute atomic E-state index is 11.6. The van der Waals surface area contributed by atoms with Crippen LogP contribution >= 0.6 is 0 Å². The average molecular weight is 196 g/mol. The fourth-order valence-electron chi connectivity index (χ4n) is 1.99. The van der Waals surface area contributed by atoms with Gasteiger partial charge < -0.3 is 9.72 Å². The Morgan fingerprint density at radius 1 is 1.71 bits per heavy atom. The van der Waals surface area contributed by atoms with Crippen LogP contribution in [-0.4, -0.2) is 22.8 Å². The predicted octanol–water partition coefficient (Wildman–Crippen LogP) is 1.09. The van der Waals surface area contributed by atoms with Gasteiger partial charge in [-0.1, -0.05) is 13.3 Å². The van der Waals surface area contributed by atoms with Crippen molar-refractivity contribution in [1.82, 2.24) is 9.55 Å². The minimum atomic E-state index is 0.00366. The maximum Gasteiger partial charge on any atom is 0.326 e. The SMILES string of the molecule is CCCc1c[nH]c(=O)n1C1CCOC1. The molecule has 1 aliphatic rings. The van der Waals surface area contributed by atoms with Gasteiger partial charge in [0.15, 0.2) is 0 Å². The lowest BCUT2D eigenvalue weighted by Gasteiger charge is -2.11. The maximum atomic E-state index is 11.6. The number of nitrogens with zero attached hydrogens (tertiary/aromatic N) is 1. The molecule has 1 fully saturated rings. The van der Waals surface area contributed by atoms with Crippen molar-refractivity contribution in [1.29, 1.82) is 0 Å². The lowest BCUT2D eigenvalue weighted by atomic mass is 10.2. The van der Waals surface area contributed by atoms with Gasteiger partial charge in [0.05, 0.1) is 12.6 Å². The third-order valence-corrected chi connectivity index (χ3v) is 2.67. The van der Waals surface area contributed by atoms with Crippen LogP contribution in [0.5, 0.6) is 0 Å². The number of hydrogen-bond donors (Lipinski definition) is 1. The molecule has 0 amide bonds. The van der Waals surface area contributed by atoms with Crippen molar-refractivity contribution in [2.75, 3.05) is 13.2 Å². The molecule has 4 heteroatoms. The highest BCUT2D eigenvalue weighted by Gasteiger charge is 2.21. The summed E-state index contributed by atoms with van der Waals surface area (Å²) < 4.78 is 7.15. The summed E-state index contributed by atoms with van der Waals surface area (Å²) >= 11 is 0. The first-order valence-electron chi connectivity index (χ1n) is 5.19. The summed E-state index contributed by atoms with van der Waals surface area (Å²) in [5.41, 5.74) is 1.11. The zero-order valence-corrected chi connectivity index (χ0v) is 8.45. The molecule has 1 aliphatic heterocycles. The van der Waals surface area contributed by atoms with Crippen LogP contribution in [0.2, 0.25) is 0 Å². The largest absolute Gasteiger partial charge is 0.379 e. The lowest BCUT2D eigenvalue weighted by Crippen LogP contribution is -2.24. The number of rotatable bonds is 3. The molecule has 78 valence electrons. The monoisotopic (exact) mass is 196 g/mol. The van der Waals surface area contributed by atoms with Crippen molar-refractivity contribution in [2.24, 2.45) is 0 Å². The van der Waals surface area contributed by atoms with Crippen LogP contribution in [0.3, 0.4) is 0 Å². The molecule has 2 heterocycles. The van der Waals surface area contributed by atoms with E-state index >= 15 is 0 Å². The van der Waals surface area contributed by atoms with Gasteiger partial charge in [-0.15, -0.1) is 0 Å². The van der Waals surface area contributed by atoms with Crippen molar-refractivity contribution >= 4 is 0 Å². The summed E-state index contributed by atoms with van der Waals surface area (Å²) in [6.45, 7) is 3.56. The highest BCUT2D eigenvalue weighted by molar-refractivity contribution is 5.01. The summed E-state index contributed by atoms with van der Waals surface area (Å²) in [5.74, 6) is 0. The van der Waals surface area contributed by atoms with Crippen molar-refractivity contribution in [3.05, 3.63) is 22.4 Å². The second-order valence-electron chi connectivity index (χ2n) is 3.72. The summed E-state index contributed by atoms with van der Waals surface area (Å²) in [4.78, 5) is 14.3. The van der Waals surface area contributed by atoms with Crippen LogP contribution in [0.25, 0.3) is 0 Å². The number of hydrogen-bond acceptors (Lipinski definition) is 2. The Hall–Kier alpha value is -1.03. The van der Waals surface area contributed by atoms with Gasteiger partial charge in [-0.3, -0.25) is 4.57 Å². The summed E-state index contributed by atoms with van der Waals surface area (Å²) in [5, 5.41) is 0. The van der Waals surface area contributed by atoms with Crippen LogP contribution in [-0.2, 0) is 11.2 Å². The number of imidazole rings is 1. The highest BCUT2D eigenvalue weighted by Crippen LogP contribution is 2.19. The second-order valence-corrected chi connectivity index (χ2v) is 3.72. The van der Waals surface area contributed by atoms with Crippen LogP contribution in [0, 0.1) is 0 Å². The van der Waals surface area contributed by atoms with Gasteiger partial charge >= 0.3 is 5.69 Å². The topological polar surface area (TPSA) is 47.0 Å². The van der Waals surface area contributed by atoms with Gasteiger partial charge in [-0.2, -0.15) is 0 Å². The first-order valence-corrected chi connectivity index (χ1v) is 5.19. The molecule has 2 rings (SSSR count). The van der Waals surface area contributed by atoms with Crippen LogP contribution in [0.4, 0.5) is 0 Å². The summed E-state index contributed by atoms with van der Waals surface area (Å²) in [6.07, 6.45) is 4.79. The third kappa shape index (κ3) is 1.62. The summed E-state index contributed by atoms with van der Waals surface area (Å²) in [7, 11) is 0. The third-order valence-electron chi connectivity index (χ3n) is 2.67. The molecule has 4 nitrogen and oxygen atoms in total. The first-order chi connectivity index (χ1) is 6.83. The molecule has 1 saturated heterocycles. The molecule has 0 aromatic carbocycles. The molecule has 1 aromatic heterocycles. The highest BCUT2D eigenvalue weighted by atomic mass is 16.5. The van der Waals surface area contributed by atoms with E-state index in [9.17, 15) is 4.79 Å². The zero-order chi connectivity index (χ0) is 9.97. The van der Waals surface area contributed by atoms with E-state index in [1.165, 1.54) is 0 Å². The predicted molar refractivity (Wildman–Crippen MR) is 53.5 cm³/mol. The molecule has 1 unspecified atom stereocenters. The van der Waals surface area contributed by atoms with Crippen molar-refractivity contribution in [3.8, 4) is 0 Å². The van der Waals surface area contributed by atoms with Gasteiger partial charge in [0, 0.05) is 18.5 Å². The molecule has 0 radical (unpaired) electrons. The number of aromatic nitrogens is 2. The first kappa shape index (κ1) is 9.52. The number of nitrogens with one attached hydrogen (secondary N) is 1. The van der Waals surface area contributed by atoms with E-state index in [0.717, 1.165) is 31.6 Å². The number of aromatic amines is 1. The Balaban J connectivity index is 2.28. The number of H-pyrrole nitrogens is 1. The van der Waals surface area contributed by atoms with E-state index in [1.54, 1.807) is 0 Å². The number of aryl methyl sites for hydroxylation is 1. The molecule has 1 atom stereocenters. The molecular weight excluding hydrogens is 180 g/mol. The second kappa shape index (κ2) is 4.00. The minimum Gasteiger partial charge on any atom is -0.379 e. The minimum absolute atomic E-state index is 0.00366. The molecule has 1 aromatic rings. The van der Waals surface area contributed by atoms with E-state index in [4.69, 9.17) is 4.74 Å². The Labute approximate surface area is 82.9 Å². The van der Waals surface area contributed by atoms with Crippen LogP contribution in [0.1, 0.15) is 31.5 Å². The molecule has 14 heavy (non-hydrogen) atoms. The number of ether oxygens (including phenoxy) is 1.